The summed E-state index contributed by atoms with van der Waals surface area (Å²) < 4.78 is 0. The van der Waals surface area contributed by atoms with Crippen molar-refractivity contribution >= 4 is 17.7 Å². The molecule has 1 rings (SSSR count). The fourth-order valence-electron chi connectivity index (χ4n) is 1.80. The molecule has 0 radical (unpaired) electrons. The van der Waals surface area contributed by atoms with E-state index >= 15 is 0 Å². The minimum Gasteiger partial charge on any atom is -0.481 e. The highest BCUT2D eigenvalue weighted by atomic mass is 16.4. The van der Waals surface area contributed by atoms with Crippen molar-refractivity contribution in [3.8, 4) is 0 Å². The van der Waals surface area contributed by atoms with Crippen LogP contribution in [0.4, 0.5) is 10.5 Å². The Morgan fingerprint density at radius 1 is 1.35 bits per heavy atom. The van der Waals surface area contributed by atoms with E-state index in [0.29, 0.717) is 0 Å². The Hall–Kier alpha value is -2.04. The molecule has 0 heterocycles. The first-order chi connectivity index (χ1) is 9.45. The molecule has 1 aromatic carbocycles. The Balaban J connectivity index is 2.93. The molecule has 1 unspecified atom stereocenters. The molecule has 0 aliphatic rings. The van der Waals surface area contributed by atoms with Gasteiger partial charge in [0.15, 0.2) is 0 Å². The Kier molecular flexibility index (Phi) is 6.03. The second-order valence-corrected chi connectivity index (χ2v) is 4.84. The number of para-hydroxylation sites is 1. The number of nitrogens with one attached hydrogen (secondary N) is 1. The maximum atomic E-state index is 12.3. The highest BCUT2D eigenvalue weighted by Gasteiger charge is 2.19. The zero-order valence-electron chi connectivity index (χ0n) is 12.2. The molecule has 110 valence electrons. The van der Waals surface area contributed by atoms with Crippen LogP contribution in [0.25, 0.3) is 0 Å². The molecular weight excluding hydrogens is 256 g/mol. The van der Waals surface area contributed by atoms with E-state index in [9.17, 15) is 9.59 Å². The predicted molar refractivity (Wildman–Crippen MR) is 79.1 cm³/mol. The van der Waals surface area contributed by atoms with Gasteiger partial charge in [-0.05, 0) is 31.9 Å². The van der Waals surface area contributed by atoms with Crippen LogP contribution in [-0.2, 0) is 4.79 Å². The van der Waals surface area contributed by atoms with E-state index in [1.807, 2.05) is 45.0 Å². The maximum absolute atomic E-state index is 12.3. The summed E-state index contributed by atoms with van der Waals surface area (Å²) in [5.74, 6) is -0.917. The van der Waals surface area contributed by atoms with Gasteiger partial charge in [0.1, 0.15) is 0 Å². The van der Waals surface area contributed by atoms with Gasteiger partial charge in [0.05, 0.1) is 6.42 Å². The second kappa shape index (κ2) is 7.53. The summed E-state index contributed by atoms with van der Waals surface area (Å²) in [6, 6.07) is 7.26. The van der Waals surface area contributed by atoms with Gasteiger partial charge in [-0.3, -0.25) is 9.69 Å². The van der Waals surface area contributed by atoms with Gasteiger partial charge in [-0.15, -0.1) is 0 Å². The number of rotatable bonds is 6. The topological polar surface area (TPSA) is 69.6 Å². The number of carbonyl (C=O) groups excluding carboxylic acids is 1. The Morgan fingerprint density at radius 2 is 2.00 bits per heavy atom. The molecule has 0 fully saturated rings. The molecule has 0 bridgehead atoms. The lowest BCUT2D eigenvalue weighted by Crippen LogP contribution is -2.45. The van der Waals surface area contributed by atoms with E-state index in [1.165, 1.54) is 4.90 Å². The SMILES string of the molecule is CCC(C)NC(=O)N(CCC(=O)O)c1ccccc1C. The van der Waals surface area contributed by atoms with E-state index in [1.54, 1.807) is 0 Å². The van der Waals surface area contributed by atoms with Crippen molar-refractivity contribution in [2.24, 2.45) is 0 Å². The first-order valence-corrected chi connectivity index (χ1v) is 6.81. The molecule has 0 saturated carbocycles. The molecule has 5 heteroatoms. The normalized spacial score (nSPS) is 11.8. The Morgan fingerprint density at radius 3 is 2.55 bits per heavy atom. The van der Waals surface area contributed by atoms with Gasteiger partial charge in [-0.1, -0.05) is 25.1 Å². The molecular formula is C15H22N2O3. The average molecular weight is 278 g/mol. The van der Waals surface area contributed by atoms with Crippen LogP contribution in [0.3, 0.4) is 0 Å². The molecule has 20 heavy (non-hydrogen) atoms. The molecule has 5 nitrogen and oxygen atoms in total. The minimum atomic E-state index is -0.917. The molecule has 0 aromatic heterocycles. The quantitative estimate of drug-likeness (QED) is 0.840. The number of nitrogens with zero attached hydrogens (tertiary/aromatic N) is 1. The van der Waals surface area contributed by atoms with E-state index in [4.69, 9.17) is 5.11 Å². The largest absolute Gasteiger partial charge is 0.481 e. The van der Waals surface area contributed by atoms with Gasteiger partial charge < -0.3 is 10.4 Å². The first kappa shape index (κ1) is 16.0. The molecule has 2 amide bonds. The highest BCUT2D eigenvalue weighted by Crippen LogP contribution is 2.20. The number of hydrogen-bond acceptors (Lipinski definition) is 2. The standard InChI is InChI=1S/C15H22N2O3/c1-4-12(3)16-15(20)17(10-9-14(18)19)13-8-6-5-7-11(13)2/h5-8,12H,4,9-10H2,1-3H3,(H,16,20)(H,18,19). The highest BCUT2D eigenvalue weighted by molar-refractivity contribution is 5.93. The van der Waals surface area contributed by atoms with Crippen molar-refractivity contribution in [1.82, 2.24) is 5.32 Å². The average Bonchev–Trinajstić information content (AvgIpc) is 2.40. The van der Waals surface area contributed by atoms with E-state index in [2.05, 4.69) is 5.32 Å². The lowest BCUT2D eigenvalue weighted by molar-refractivity contribution is -0.136. The fraction of sp³-hybridized carbons (Fsp3) is 0.467. The third kappa shape index (κ3) is 4.57. The maximum Gasteiger partial charge on any atom is 0.322 e. The number of urea groups is 1. The van der Waals surface area contributed by atoms with Crippen molar-refractivity contribution in [3.05, 3.63) is 29.8 Å². The van der Waals surface area contributed by atoms with Gasteiger partial charge in [0, 0.05) is 18.3 Å². The molecule has 0 spiro atoms. The summed E-state index contributed by atoms with van der Waals surface area (Å²) in [7, 11) is 0. The zero-order chi connectivity index (χ0) is 15.1. The molecule has 0 aliphatic carbocycles. The summed E-state index contributed by atoms with van der Waals surface area (Å²) >= 11 is 0. The van der Waals surface area contributed by atoms with Gasteiger partial charge >= 0.3 is 12.0 Å². The summed E-state index contributed by atoms with van der Waals surface area (Å²) in [5, 5.41) is 11.7. The van der Waals surface area contributed by atoms with Gasteiger partial charge in [-0.25, -0.2) is 4.79 Å². The molecule has 1 atom stereocenters. The second-order valence-electron chi connectivity index (χ2n) is 4.84. The van der Waals surface area contributed by atoms with Crippen LogP contribution in [0.15, 0.2) is 24.3 Å². The molecule has 0 saturated heterocycles. The van der Waals surface area contributed by atoms with Crippen LogP contribution in [0.5, 0.6) is 0 Å². The van der Waals surface area contributed by atoms with Gasteiger partial charge in [0.25, 0.3) is 0 Å². The van der Waals surface area contributed by atoms with Crippen LogP contribution in [0.2, 0.25) is 0 Å². The van der Waals surface area contributed by atoms with Crippen LogP contribution >= 0.6 is 0 Å². The summed E-state index contributed by atoms with van der Waals surface area (Å²) in [6.07, 6.45) is 0.745. The fourth-order valence-corrected chi connectivity index (χ4v) is 1.80. The van der Waals surface area contributed by atoms with Gasteiger partial charge in [0.2, 0.25) is 0 Å². The van der Waals surface area contributed by atoms with Crippen molar-refractivity contribution in [1.29, 1.82) is 0 Å². The number of carbonyl (C=O) groups is 2. The van der Waals surface area contributed by atoms with Crippen LogP contribution in [0.1, 0.15) is 32.3 Å². The van der Waals surface area contributed by atoms with E-state index in [0.717, 1.165) is 17.7 Å². The lowest BCUT2D eigenvalue weighted by atomic mass is 10.1. The smallest absolute Gasteiger partial charge is 0.322 e. The molecule has 1 aromatic rings. The van der Waals surface area contributed by atoms with Crippen molar-refractivity contribution in [3.63, 3.8) is 0 Å². The van der Waals surface area contributed by atoms with Crippen LogP contribution in [0, 0.1) is 6.92 Å². The van der Waals surface area contributed by atoms with Crippen LogP contribution in [-0.4, -0.2) is 29.7 Å². The third-order valence-electron chi connectivity index (χ3n) is 3.18. The number of anilines is 1. The van der Waals surface area contributed by atoms with E-state index < -0.39 is 5.97 Å². The molecule has 2 N–H and O–H groups in total. The number of aliphatic carboxylic acids is 1. The van der Waals surface area contributed by atoms with Crippen LogP contribution < -0.4 is 10.2 Å². The van der Waals surface area contributed by atoms with Crippen molar-refractivity contribution < 1.29 is 14.7 Å². The number of aryl methyl sites for hydroxylation is 1. The Labute approximate surface area is 119 Å². The summed E-state index contributed by atoms with van der Waals surface area (Å²) in [4.78, 5) is 24.6. The summed E-state index contributed by atoms with van der Waals surface area (Å²) in [5.41, 5.74) is 1.69. The minimum absolute atomic E-state index is 0.0545. The number of amides is 2. The monoisotopic (exact) mass is 278 g/mol. The van der Waals surface area contributed by atoms with Crippen molar-refractivity contribution in [2.45, 2.75) is 39.7 Å². The summed E-state index contributed by atoms with van der Waals surface area (Å²) in [6.45, 7) is 5.97. The number of carboxylic acid groups (broad SMARTS) is 1. The third-order valence-corrected chi connectivity index (χ3v) is 3.18. The number of hydrogen-bond donors (Lipinski definition) is 2. The zero-order valence-corrected chi connectivity index (χ0v) is 12.2. The first-order valence-electron chi connectivity index (χ1n) is 6.81. The Bertz CT molecular complexity index is 474. The van der Waals surface area contributed by atoms with Gasteiger partial charge in [-0.2, -0.15) is 0 Å². The lowest BCUT2D eigenvalue weighted by Gasteiger charge is -2.26. The van der Waals surface area contributed by atoms with E-state index in [-0.39, 0.29) is 25.0 Å². The number of benzene rings is 1. The predicted octanol–water partition coefficient (Wildman–Crippen LogP) is 2.78. The number of carboxylic acids is 1. The van der Waals surface area contributed by atoms with Crippen molar-refractivity contribution in [2.75, 3.05) is 11.4 Å². The molecule has 0 aliphatic heterocycles.